The highest BCUT2D eigenvalue weighted by Crippen LogP contribution is 2.38. The summed E-state index contributed by atoms with van der Waals surface area (Å²) in [6.07, 6.45) is 3.04. The Balaban J connectivity index is 1.88. The number of carbonyl (C=O) groups is 2. The van der Waals surface area contributed by atoms with E-state index in [2.05, 4.69) is 19.2 Å². The van der Waals surface area contributed by atoms with Crippen molar-refractivity contribution in [2.45, 2.75) is 65.0 Å². The number of esters is 1. The van der Waals surface area contributed by atoms with Gasteiger partial charge in [0.25, 0.3) is 5.91 Å². The van der Waals surface area contributed by atoms with E-state index in [4.69, 9.17) is 18.9 Å². The molecule has 7 nitrogen and oxygen atoms in total. The highest BCUT2D eigenvalue weighted by Gasteiger charge is 2.30. The van der Waals surface area contributed by atoms with Gasteiger partial charge in [-0.3, -0.25) is 9.59 Å². The fraction of sp³-hybridized carbons (Fsp3) is 0.652. The number of benzene rings is 1. The third-order valence-corrected chi connectivity index (χ3v) is 6.05. The molecule has 2 rings (SSSR count). The molecule has 30 heavy (non-hydrogen) atoms. The lowest BCUT2D eigenvalue weighted by Gasteiger charge is -2.35. The number of ether oxygens (including phenoxy) is 4. The van der Waals surface area contributed by atoms with E-state index >= 15 is 0 Å². The van der Waals surface area contributed by atoms with Crippen molar-refractivity contribution in [1.82, 2.24) is 5.32 Å². The van der Waals surface area contributed by atoms with Gasteiger partial charge in [0.15, 0.2) is 17.6 Å². The van der Waals surface area contributed by atoms with Gasteiger partial charge in [-0.15, -0.1) is 0 Å². The lowest BCUT2D eigenvalue weighted by Crippen LogP contribution is -2.47. The lowest BCUT2D eigenvalue weighted by molar-refractivity contribution is -0.155. The van der Waals surface area contributed by atoms with Crippen LogP contribution in [0.5, 0.6) is 17.2 Å². The molecule has 4 atom stereocenters. The van der Waals surface area contributed by atoms with Crippen LogP contribution in [0.15, 0.2) is 12.1 Å². The minimum absolute atomic E-state index is 0.140. The summed E-state index contributed by atoms with van der Waals surface area (Å²) in [5.74, 6) is 1.92. The number of amides is 1. The summed E-state index contributed by atoms with van der Waals surface area (Å²) in [6.45, 7) is 6.00. The molecule has 1 aliphatic carbocycles. The molecule has 0 aliphatic heterocycles. The summed E-state index contributed by atoms with van der Waals surface area (Å²) in [5.41, 5.74) is 0.851. The molecule has 1 N–H and O–H groups in total. The van der Waals surface area contributed by atoms with Gasteiger partial charge >= 0.3 is 5.97 Å². The van der Waals surface area contributed by atoms with Crippen LogP contribution in [0, 0.1) is 11.8 Å². The second-order valence-electron chi connectivity index (χ2n) is 8.05. The fourth-order valence-electron chi connectivity index (χ4n) is 3.92. The average Bonchev–Trinajstić information content (AvgIpc) is 2.74. The van der Waals surface area contributed by atoms with Crippen LogP contribution in [0.3, 0.4) is 0 Å². The average molecular weight is 422 g/mol. The maximum absolute atomic E-state index is 12.5. The zero-order valence-electron chi connectivity index (χ0n) is 18.9. The monoisotopic (exact) mass is 421 g/mol. The van der Waals surface area contributed by atoms with Gasteiger partial charge in [0.2, 0.25) is 5.75 Å². The van der Waals surface area contributed by atoms with Crippen LogP contribution in [-0.2, 0) is 20.7 Å². The Hall–Kier alpha value is -2.44. The van der Waals surface area contributed by atoms with Crippen molar-refractivity contribution >= 4 is 11.9 Å². The van der Waals surface area contributed by atoms with Crippen LogP contribution in [0.25, 0.3) is 0 Å². The fourth-order valence-corrected chi connectivity index (χ4v) is 3.92. The zero-order chi connectivity index (χ0) is 22.3. The topological polar surface area (TPSA) is 83.1 Å². The molecule has 7 heteroatoms. The van der Waals surface area contributed by atoms with Crippen LogP contribution >= 0.6 is 0 Å². The van der Waals surface area contributed by atoms with Crippen molar-refractivity contribution in [3.05, 3.63) is 17.7 Å². The summed E-state index contributed by atoms with van der Waals surface area (Å²) < 4.78 is 21.3. The first-order valence-corrected chi connectivity index (χ1v) is 10.6. The van der Waals surface area contributed by atoms with Crippen molar-refractivity contribution in [2.75, 3.05) is 21.3 Å². The van der Waals surface area contributed by atoms with Crippen molar-refractivity contribution < 1.29 is 28.5 Å². The highest BCUT2D eigenvalue weighted by molar-refractivity contribution is 5.83. The van der Waals surface area contributed by atoms with Crippen LogP contribution in [0.2, 0.25) is 0 Å². The van der Waals surface area contributed by atoms with Crippen molar-refractivity contribution in [1.29, 1.82) is 0 Å². The molecule has 1 amide bonds. The second-order valence-corrected chi connectivity index (χ2v) is 8.05. The van der Waals surface area contributed by atoms with Crippen molar-refractivity contribution in [3.63, 3.8) is 0 Å². The largest absolute Gasteiger partial charge is 0.493 e. The first-order valence-electron chi connectivity index (χ1n) is 10.6. The molecule has 0 aromatic heterocycles. The van der Waals surface area contributed by atoms with Crippen LogP contribution in [0.1, 0.15) is 52.0 Å². The molecule has 0 bridgehead atoms. The molecule has 1 aromatic rings. The highest BCUT2D eigenvalue weighted by atomic mass is 16.5. The molecule has 1 saturated carbocycles. The normalized spacial score (nSPS) is 22.0. The van der Waals surface area contributed by atoms with Gasteiger partial charge in [-0.05, 0) is 49.3 Å². The third-order valence-electron chi connectivity index (χ3n) is 6.05. The Morgan fingerprint density at radius 2 is 1.70 bits per heavy atom. The van der Waals surface area contributed by atoms with Gasteiger partial charge in [0.1, 0.15) is 0 Å². The van der Waals surface area contributed by atoms with Gasteiger partial charge in [-0.2, -0.15) is 0 Å². The van der Waals surface area contributed by atoms with E-state index in [9.17, 15) is 9.59 Å². The number of hydrogen-bond acceptors (Lipinski definition) is 6. The number of aryl methyl sites for hydroxylation is 1. The molecule has 1 fully saturated rings. The number of hydrogen-bond donors (Lipinski definition) is 1. The minimum Gasteiger partial charge on any atom is -0.493 e. The van der Waals surface area contributed by atoms with E-state index in [1.807, 2.05) is 0 Å². The van der Waals surface area contributed by atoms with Crippen molar-refractivity contribution in [3.8, 4) is 17.2 Å². The quantitative estimate of drug-likeness (QED) is 0.615. The van der Waals surface area contributed by atoms with Crippen molar-refractivity contribution in [2.24, 2.45) is 11.8 Å². The van der Waals surface area contributed by atoms with E-state index in [0.717, 1.165) is 18.4 Å². The van der Waals surface area contributed by atoms with Gasteiger partial charge in [0.05, 0.1) is 21.3 Å². The summed E-state index contributed by atoms with van der Waals surface area (Å²) in [5, 5.41) is 3.06. The molecular formula is C23H35NO6. The molecule has 0 radical (unpaired) electrons. The predicted octanol–water partition coefficient (Wildman–Crippen LogP) is 3.52. The van der Waals surface area contributed by atoms with Gasteiger partial charge < -0.3 is 24.3 Å². The standard InChI is InChI=1S/C23H35NO6/c1-14-8-7-9-18(15(14)2)24-23(26)16(3)30-21(25)11-10-17-12-19(27-4)22(29-6)20(13-17)28-5/h12-16,18H,7-11H2,1-6H3,(H,24,26)/t14-,15-,16-,18+/m1/s1. The summed E-state index contributed by atoms with van der Waals surface area (Å²) in [7, 11) is 4.63. The molecule has 168 valence electrons. The molecule has 1 aliphatic rings. The Morgan fingerprint density at radius 1 is 1.07 bits per heavy atom. The number of carbonyl (C=O) groups excluding carboxylic acids is 2. The first-order chi connectivity index (χ1) is 14.3. The van der Waals surface area contributed by atoms with Crippen LogP contribution in [-0.4, -0.2) is 45.4 Å². The Labute approximate surface area is 179 Å². The molecule has 0 heterocycles. The molecule has 0 unspecified atom stereocenters. The number of methoxy groups -OCH3 is 3. The lowest BCUT2D eigenvalue weighted by atomic mass is 9.78. The molecular weight excluding hydrogens is 386 g/mol. The minimum atomic E-state index is -0.818. The van der Waals surface area contributed by atoms with Crippen LogP contribution < -0.4 is 19.5 Å². The Kier molecular flexibility index (Phi) is 8.81. The van der Waals surface area contributed by atoms with Gasteiger partial charge in [-0.25, -0.2) is 0 Å². The number of rotatable bonds is 9. The van der Waals surface area contributed by atoms with E-state index < -0.39 is 12.1 Å². The maximum Gasteiger partial charge on any atom is 0.306 e. The molecule has 1 aromatic carbocycles. The van der Waals surface area contributed by atoms with E-state index in [1.54, 1.807) is 40.4 Å². The second kappa shape index (κ2) is 11.1. The smallest absolute Gasteiger partial charge is 0.306 e. The summed E-state index contributed by atoms with van der Waals surface area (Å²) >= 11 is 0. The Morgan fingerprint density at radius 3 is 2.27 bits per heavy atom. The third kappa shape index (κ3) is 6.03. The first kappa shape index (κ1) is 23.8. The summed E-state index contributed by atoms with van der Waals surface area (Å²) in [4.78, 5) is 24.8. The Bertz CT molecular complexity index is 709. The van der Waals surface area contributed by atoms with E-state index in [0.29, 0.717) is 35.5 Å². The zero-order valence-corrected chi connectivity index (χ0v) is 18.9. The van der Waals surface area contributed by atoms with E-state index in [1.165, 1.54) is 6.42 Å². The maximum atomic E-state index is 12.5. The van der Waals surface area contributed by atoms with Crippen LogP contribution in [0.4, 0.5) is 0 Å². The SMILES string of the molecule is COc1cc(CCC(=O)O[C@H](C)C(=O)N[C@H]2CCC[C@@H](C)[C@H]2C)cc(OC)c1OC. The number of nitrogens with one attached hydrogen (secondary N) is 1. The predicted molar refractivity (Wildman–Crippen MR) is 114 cm³/mol. The van der Waals surface area contributed by atoms with Gasteiger partial charge in [0, 0.05) is 12.5 Å². The summed E-state index contributed by atoms with van der Waals surface area (Å²) in [6, 6.07) is 3.74. The molecule has 0 spiro atoms. The van der Waals surface area contributed by atoms with E-state index in [-0.39, 0.29) is 18.4 Å². The van der Waals surface area contributed by atoms with Gasteiger partial charge in [-0.1, -0.05) is 26.7 Å². The molecule has 0 saturated heterocycles.